The van der Waals surface area contributed by atoms with Gasteiger partial charge in [-0.1, -0.05) is 0 Å². The van der Waals surface area contributed by atoms with Crippen molar-refractivity contribution in [3.8, 4) is 0 Å². The fraction of sp³-hybridized carbons (Fsp3) is 0.222. The summed E-state index contributed by atoms with van der Waals surface area (Å²) in [4.78, 5) is 54.3. The van der Waals surface area contributed by atoms with Crippen LogP contribution in [0.5, 0.6) is 0 Å². The fourth-order valence-electron chi connectivity index (χ4n) is 0.872. The molecular weight excluding hydrogens is 336 g/mol. The number of carbonyl (C=O) groups is 2. The van der Waals surface area contributed by atoms with E-state index in [-0.39, 0.29) is 12.5 Å². The number of likely N-dealkylation sites (N-methyl/N-ethyl adjacent to an activating group) is 1. The number of nitrogens with two attached hydrogens (primary N) is 1. The zero-order valence-corrected chi connectivity index (χ0v) is 12.0. The summed E-state index contributed by atoms with van der Waals surface area (Å²) in [5, 5.41) is 36.8. The molecule has 0 bridgehead atoms. The first-order chi connectivity index (χ1) is 10.9. The Balaban J connectivity index is 0. The van der Waals surface area contributed by atoms with Crippen molar-refractivity contribution >= 4 is 17.9 Å². The second kappa shape index (κ2) is 10.8. The van der Waals surface area contributed by atoms with Crippen molar-refractivity contribution in [3.05, 3.63) is 42.7 Å². The van der Waals surface area contributed by atoms with E-state index in [0.29, 0.717) is 0 Å². The molecule has 134 valence electrons. The van der Waals surface area contributed by atoms with Gasteiger partial charge in [-0.05, 0) is 0 Å². The predicted octanol–water partition coefficient (Wildman–Crippen LogP) is -2.69. The van der Waals surface area contributed by atoms with Gasteiger partial charge in [-0.3, -0.25) is 20.0 Å². The summed E-state index contributed by atoms with van der Waals surface area (Å²) < 4.78 is 0. The molecule has 0 aliphatic rings. The number of guanidine groups is 1. The molecule has 0 atom stereocenters. The number of H-pyrrole nitrogens is 2. The lowest BCUT2D eigenvalue weighted by Crippen LogP contribution is -2.36. The monoisotopic (exact) mass is 350 g/mol. The summed E-state index contributed by atoms with van der Waals surface area (Å²) in [6.07, 6.45) is 0. The highest BCUT2D eigenvalue weighted by Crippen LogP contribution is 1.81. The Bertz CT molecular complexity index is 676. The van der Waals surface area contributed by atoms with Gasteiger partial charge in [-0.25, -0.2) is 9.59 Å². The van der Waals surface area contributed by atoms with E-state index in [1.165, 1.54) is 7.05 Å². The molecule has 15 nitrogen and oxygen atoms in total. The normalized spacial score (nSPS) is 8.54. The molecule has 0 radical (unpaired) electrons. The number of rotatable bonds is 3. The van der Waals surface area contributed by atoms with E-state index < -0.39 is 34.0 Å². The van der Waals surface area contributed by atoms with Crippen LogP contribution in [0.25, 0.3) is 0 Å². The van der Waals surface area contributed by atoms with Gasteiger partial charge in [-0.15, -0.1) is 10.1 Å². The second-order valence-corrected chi connectivity index (χ2v) is 3.68. The maximum atomic E-state index is 10.5. The number of carboxylic acid groups (broad SMARTS) is 2. The minimum absolute atomic E-state index is 0.227. The summed E-state index contributed by atoms with van der Waals surface area (Å²) in [5.41, 5.74) is 2.96. The average Bonchev–Trinajstić information content (AvgIpc) is 2.36. The number of hydrogen-bond donors (Lipinski definition) is 7. The third-order valence-electron chi connectivity index (χ3n) is 1.77. The summed E-state index contributed by atoms with van der Waals surface area (Å²) in [5.74, 6) is -2.57. The highest BCUT2D eigenvalue weighted by molar-refractivity contribution is 5.84. The Morgan fingerprint density at radius 3 is 2.08 bits per heavy atom. The standard InChI is InChI=1S/C5H4N2O4.C4H9N3O2.HNO3/c8-3-1-2(4(9)10)6-5(11)7-3;1-7(4(5)6)2-3(8)9;2-1(3)4/h1H,(H,9,10)(H2,6,7,8,11);2H2,1H3,(H3,5,6)(H,8,9);(H,2,3,4). The van der Waals surface area contributed by atoms with Crippen LogP contribution in [0.15, 0.2) is 15.7 Å². The van der Waals surface area contributed by atoms with Gasteiger partial charge >= 0.3 is 17.6 Å². The summed E-state index contributed by atoms with van der Waals surface area (Å²) in [6.45, 7) is -0.227. The largest absolute Gasteiger partial charge is 0.480 e. The van der Waals surface area contributed by atoms with Gasteiger partial charge in [-0.2, -0.15) is 0 Å². The Morgan fingerprint density at radius 2 is 1.83 bits per heavy atom. The number of aromatic amines is 2. The van der Waals surface area contributed by atoms with E-state index in [4.69, 9.17) is 36.7 Å². The number of nitrogens with zero attached hydrogens (tertiary/aromatic N) is 2. The highest BCUT2D eigenvalue weighted by atomic mass is 16.9. The molecule has 0 aliphatic heterocycles. The predicted molar refractivity (Wildman–Crippen MR) is 75.6 cm³/mol. The quantitative estimate of drug-likeness (QED) is 0.128. The van der Waals surface area contributed by atoms with Crippen molar-refractivity contribution < 1.29 is 30.1 Å². The Hall–Kier alpha value is -3.91. The van der Waals surface area contributed by atoms with Gasteiger partial charge in [0, 0.05) is 13.1 Å². The van der Waals surface area contributed by atoms with Crippen molar-refractivity contribution in [3.63, 3.8) is 0 Å². The van der Waals surface area contributed by atoms with Crippen LogP contribution in [0.3, 0.4) is 0 Å². The molecular formula is C9H14N6O9. The molecule has 1 aromatic heterocycles. The van der Waals surface area contributed by atoms with Crippen LogP contribution in [0, 0.1) is 15.5 Å². The molecule has 15 heteroatoms. The first-order valence-electron chi connectivity index (χ1n) is 5.54. The summed E-state index contributed by atoms with van der Waals surface area (Å²) in [6, 6.07) is 0.795. The number of carboxylic acids is 2. The molecule has 0 saturated carbocycles. The molecule has 0 spiro atoms. The van der Waals surface area contributed by atoms with Gasteiger partial charge in [0.2, 0.25) is 0 Å². The van der Waals surface area contributed by atoms with Crippen molar-refractivity contribution in [2.45, 2.75) is 0 Å². The molecule has 0 fully saturated rings. The number of aliphatic carboxylic acids is 1. The first-order valence-corrected chi connectivity index (χ1v) is 5.54. The topological polar surface area (TPSA) is 257 Å². The van der Waals surface area contributed by atoms with Gasteiger partial charge in [0.15, 0.2) is 5.96 Å². The number of aromatic carboxylic acids is 1. The van der Waals surface area contributed by atoms with Crippen LogP contribution in [0.4, 0.5) is 0 Å². The first kappa shape index (κ1) is 22.4. The third kappa shape index (κ3) is 13.1. The second-order valence-electron chi connectivity index (χ2n) is 3.68. The van der Waals surface area contributed by atoms with Gasteiger partial charge in [0.1, 0.15) is 12.2 Å². The molecule has 1 aromatic rings. The zero-order valence-electron chi connectivity index (χ0n) is 12.0. The lowest BCUT2D eigenvalue weighted by molar-refractivity contribution is -0.742. The molecule has 24 heavy (non-hydrogen) atoms. The van der Waals surface area contributed by atoms with Gasteiger partial charge in [0.05, 0.1) is 0 Å². The molecule has 0 unspecified atom stereocenters. The van der Waals surface area contributed by atoms with E-state index in [9.17, 15) is 19.2 Å². The van der Waals surface area contributed by atoms with Crippen molar-refractivity contribution in [1.82, 2.24) is 14.9 Å². The number of aromatic nitrogens is 2. The Morgan fingerprint density at radius 1 is 1.38 bits per heavy atom. The summed E-state index contributed by atoms with van der Waals surface area (Å²) >= 11 is 0. The van der Waals surface area contributed by atoms with Crippen LogP contribution in [0.1, 0.15) is 10.5 Å². The smallest absolute Gasteiger partial charge is 0.352 e. The van der Waals surface area contributed by atoms with Gasteiger partial charge in [0.25, 0.3) is 10.6 Å². The molecule has 0 aliphatic carbocycles. The summed E-state index contributed by atoms with van der Waals surface area (Å²) in [7, 11) is 1.44. The average molecular weight is 350 g/mol. The minimum atomic E-state index is -1.50. The Kier molecular flexibility index (Phi) is 10.0. The van der Waals surface area contributed by atoms with E-state index in [0.717, 1.165) is 11.0 Å². The molecule has 8 N–H and O–H groups in total. The van der Waals surface area contributed by atoms with Crippen molar-refractivity contribution in [1.29, 1.82) is 5.41 Å². The van der Waals surface area contributed by atoms with Crippen molar-refractivity contribution in [2.75, 3.05) is 13.6 Å². The molecule has 1 heterocycles. The maximum Gasteiger partial charge on any atom is 0.352 e. The lowest BCUT2D eigenvalue weighted by atomic mass is 10.4. The van der Waals surface area contributed by atoms with E-state index >= 15 is 0 Å². The van der Waals surface area contributed by atoms with Crippen LogP contribution < -0.4 is 17.0 Å². The lowest BCUT2D eigenvalue weighted by Gasteiger charge is -2.12. The maximum absolute atomic E-state index is 10.5. The Labute approximate surface area is 131 Å². The van der Waals surface area contributed by atoms with E-state index in [1.54, 1.807) is 0 Å². The number of hydrogen-bond acceptors (Lipinski definition) is 7. The highest BCUT2D eigenvalue weighted by Gasteiger charge is 2.03. The number of nitrogens with one attached hydrogen (secondary N) is 3. The van der Waals surface area contributed by atoms with E-state index in [2.05, 4.69) is 0 Å². The van der Waals surface area contributed by atoms with Crippen LogP contribution >= 0.6 is 0 Å². The van der Waals surface area contributed by atoms with E-state index in [1.807, 2.05) is 9.97 Å². The van der Waals surface area contributed by atoms with Crippen LogP contribution in [-0.2, 0) is 4.79 Å². The molecule has 0 amide bonds. The molecule has 0 aromatic carbocycles. The zero-order chi connectivity index (χ0) is 19.4. The minimum Gasteiger partial charge on any atom is -0.480 e. The van der Waals surface area contributed by atoms with Crippen LogP contribution in [0.2, 0.25) is 0 Å². The fourth-order valence-corrected chi connectivity index (χ4v) is 0.872. The molecule has 1 rings (SSSR count). The van der Waals surface area contributed by atoms with Crippen molar-refractivity contribution in [2.24, 2.45) is 5.73 Å². The van der Waals surface area contributed by atoms with Crippen LogP contribution in [-0.4, -0.2) is 66.9 Å². The SMILES string of the molecule is CN(CC(=O)O)C(=N)N.O=C(O)c1cc(=O)[nH]c(=O)[nH]1.O=[N+]([O-])O. The molecule has 0 saturated heterocycles. The van der Waals surface area contributed by atoms with Gasteiger partial charge < -0.3 is 31.0 Å². The third-order valence-corrected chi connectivity index (χ3v) is 1.77.